The summed E-state index contributed by atoms with van der Waals surface area (Å²) in [6, 6.07) is 2.59. The van der Waals surface area contributed by atoms with E-state index in [-0.39, 0.29) is 10.9 Å². The van der Waals surface area contributed by atoms with Gasteiger partial charge in [-0.1, -0.05) is 11.6 Å². The highest BCUT2D eigenvalue weighted by molar-refractivity contribution is 6.31. The Morgan fingerprint density at radius 3 is 2.63 bits per heavy atom. The smallest absolute Gasteiger partial charge is 0.224 e. The van der Waals surface area contributed by atoms with Crippen LogP contribution in [0.2, 0.25) is 5.02 Å². The molecule has 0 spiro atoms. The summed E-state index contributed by atoms with van der Waals surface area (Å²) in [7, 11) is 0. The van der Waals surface area contributed by atoms with Gasteiger partial charge in [0.1, 0.15) is 5.82 Å². The summed E-state index contributed by atoms with van der Waals surface area (Å²) in [5, 5.41) is 2.93. The molecule has 1 rings (SSSR count). The van der Waals surface area contributed by atoms with Gasteiger partial charge in [-0.05, 0) is 19.9 Å². The van der Waals surface area contributed by atoms with Crippen molar-refractivity contribution in [3.8, 4) is 0 Å². The minimum absolute atomic E-state index is 0.0118. The lowest BCUT2D eigenvalue weighted by Crippen LogP contribution is -2.31. The molecule has 0 bridgehead atoms. The Morgan fingerprint density at radius 1 is 1.42 bits per heavy atom. The van der Waals surface area contributed by atoms with E-state index in [9.17, 15) is 9.18 Å². The minimum Gasteiger partial charge on any atom is -0.397 e. The van der Waals surface area contributed by atoms with Gasteiger partial charge in [-0.25, -0.2) is 4.39 Å². The van der Waals surface area contributed by atoms with Crippen LogP contribution >= 0.6 is 11.6 Å². The first kappa shape index (κ1) is 15.6. The highest BCUT2D eigenvalue weighted by Gasteiger charge is 2.10. The third-order valence-corrected chi connectivity index (χ3v) is 3.15. The quantitative estimate of drug-likeness (QED) is 0.791. The van der Waals surface area contributed by atoms with Crippen molar-refractivity contribution in [2.75, 3.05) is 30.7 Å². The van der Waals surface area contributed by atoms with Gasteiger partial charge in [0.05, 0.1) is 16.4 Å². The molecule has 0 heterocycles. The van der Waals surface area contributed by atoms with Crippen molar-refractivity contribution in [1.82, 2.24) is 4.90 Å². The van der Waals surface area contributed by atoms with Crippen LogP contribution < -0.4 is 11.1 Å². The maximum atomic E-state index is 13.3. The third-order valence-electron chi connectivity index (χ3n) is 2.86. The number of hydrogen-bond acceptors (Lipinski definition) is 3. The van der Waals surface area contributed by atoms with Crippen LogP contribution in [0.5, 0.6) is 0 Å². The summed E-state index contributed by atoms with van der Waals surface area (Å²) in [6.07, 6.45) is 0.339. The molecule has 0 aromatic heterocycles. The molecule has 0 aliphatic heterocycles. The Kier molecular flexibility index (Phi) is 5.89. The van der Waals surface area contributed by atoms with Crippen molar-refractivity contribution in [3.63, 3.8) is 0 Å². The lowest BCUT2D eigenvalue weighted by Gasteiger charge is -2.19. The molecule has 1 aromatic carbocycles. The predicted molar refractivity (Wildman–Crippen MR) is 76.9 cm³/mol. The number of hydrogen-bond donors (Lipinski definition) is 2. The molecule has 0 saturated heterocycles. The molecule has 0 atom stereocenters. The molecule has 1 amide bonds. The average molecular weight is 288 g/mol. The molecule has 106 valence electrons. The van der Waals surface area contributed by atoms with Gasteiger partial charge in [-0.15, -0.1) is 0 Å². The van der Waals surface area contributed by atoms with Gasteiger partial charge < -0.3 is 16.0 Å². The normalized spacial score (nSPS) is 10.3. The van der Waals surface area contributed by atoms with Crippen LogP contribution in [0.3, 0.4) is 0 Å². The first-order chi connectivity index (χ1) is 8.99. The second-order valence-corrected chi connectivity index (χ2v) is 4.50. The number of nitrogen functional groups attached to an aromatic ring is 1. The van der Waals surface area contributed by atoms with Crippen LogP contribution in [-0.4, -0.2) is 30.4 Å². The first-order valence-corrected chi connectivity index (χ1v) is 6.63. The van der Waals surface area contributed by atoms with E-state index >= 15 is 0 Å². The largest absolute Gasteiger partial charge is 0.397 e. The number of nitrogens with zero attached hydrogens (tertiary/aromatic N) is 1. The number of nitrogens with two attached hydrogens (primary N) is 1. The third kappa shape index (κ3) is 4.28. The molecule has 3 N–H and O–H groups in total. The van der Waals surface area contributed by atoms with E-state index in [1.165, 1.54) is 12.1 Å². The number of anilines is 2. The molecular weight excluding hydrogens is 269 g/mol. The van der Waals surface area contributed by atoms with E-state index in [2.05, 4.69) is 5.32 Å². The van der Waals surface area contributed by atoms with Crippen molar-refractivity contribution >= 4 is 28.9 Å². The summed E-state index contributed by atoms with van der Waals surface area (Å²) < 4.78 is 13.3. The van der Waals surface area contributed by atoms with Crippen LogP contribution in [0, 0.1) is 5.82 Å². The fourth-order valence-electron chi connectivity index (χ4n) is 1.75. The van der Waals surface area contributed by atoms with E-state index in [1.54, 1.807) is 4.90 Å². The summed E-state index contributed by atoms with van der Waals surface area (Å²) in [5.41, 5.74) is 6.53. The number of nitrogens with one attached hydrogen (secondary N) is 1. The molecule has 0 aliphatic carbocycles. The number of halogens is 2. The van der Waals surface area contributed by atoms with Gasteiger partial charge in [0.25, 0.3) is 0 Å². The number of rotatable bonds is 6. The zero-order valence-electron chi connectivity index (χ0n) is 11.2. The number of benzene rings is 1. The number of carbonyl (C=O) groups is 1. The van der Waals surface area contributed by atoms with E-state index in [0.29, 0.717) is 37.4 Å². The molecule has 0 aliphatic rings. The Labute approximate surface area is 117 Å². The lowest BCUT2D eigenvalue weighted by atomic mass is 10.2. The number of amides is 1. The first-order valence-electron chi connectivity index (χ1n) is 6.25. The molecule has 1 aromatic rings. The molecule has 0 saturated carbocycles. The molecule has 0 fully saturated rings. The van der Waals surface area contributed by atoms with E-state index in [4.69, 9.17) is 17.3 Å². The Hall–Kier alpha value is -1.49. The van der Waals surface area contributed by atoms with Crippen molar-refractivity contribution < 1.29 is 9.18 Å². The standard InChI is InChI=1S/C13H19ClFN3O/c1-3-18(4-2)13(19)5-6-17-12-8-10(15)9(14)7-11(12)16/h7-8,17H,3-6,16H2,1-2H3. The van der Waals surface area contributed by atoms with Crippen molar-refractivity contribution in [3.05, 3.63) is 23.0 Å². The van der Waals surface area contributed by atoms with Crippen molar-refractivity contribution in [2.24, 2.45) is 0 Å². The SMILES string of the molecule is CCN(CC)C(=O)CCNc1cc(F)c(Cl)cc1N. The van der Waals surface area contributed by atoms with E-state index in [1.807, 2.05) is 13.8 Å². The fraction of sp³-hybridized carbons (Fsp3) is 0.462. The molecule has 4 nitrogen and oxygen atoms in total. The van der Waals surface area contributed by atoms with Gasteiger partial charge in [0.2, 0.25) is 5.91 Å². The highest BCUT2D eigenvalue weighted by Crippen LogP contribution is 2.25. The van der Waals surface area contributed by atoms with Crippen LogP contribution in [0.15, 0.2) is 12.1 Å². The zero-order chi connectivity index (χ0) is 14.4. The summed E-state index contributed by atoms with van der Waals surface area (Å²) in [6.45, 7) is 5.64. The maximum Gasteiger partial charge on any atom is 0.224 e. The monoisotopic (exact) mass is 287 g/mol. The molecule has 0 radical (unpaired) electrons. The van der Waals surface area contributed by atoms with Gasteiger partial charge in [-0.2, -0.15) is 0 Å². The van der Waals surface area contributed by atoms with Gasteiger partial charge in [0.15, 0.2) is 0 Å². The Morgan fingerprint density at radius 2 is 2.05 bits per heavy atom. The van der Waals surface area contributed by atoms with E-state index < -0.39 is 5.82 Å². The van der Waals surface area contributed by atoms with Gasteiger partial charge in [0, 0.05) is 32.1 Å². The second kappa shape index (κ2) is 7.19. The second-order valence-electron chi connectivity index (χ2n) is 4.10. The number of carbonyl (C=O) groups excluding carboxylic acids is 1. The Bertz CT molecular complexity index is 450. The molecular formula is C13H19ClFN3O. The van der Waals surface area contributed by atoms with Gasteiger partial charge in [-0.3, -0.25) is 4.79 Å². The summed E-state index contributed by atoms with van der Waals surface area (Å²) >= 11 is 5.61. The summed E-state index contributed by atoms with van der Waals surface area (Å²) in [4.78, 5) is 13.5. The zero-order valence-corrected chi connectivity index (χ0v) is 11.9. The highest BCUT2D eigenvalue weighted by atomic mass is 35.5. The van der Waals surface area contributed by atoms with E-state index in [0.717, 1.165) is 0 Å². The lowest BCUT2D eigenvalue weighted by molar-refractivity contribution is -0.130. The molecule has 6 heteroatoms. The van der Waals surface area contributed by atoms with Gasteiger partial charge >= 0.3 is 0 Å². The predicted octanol–water partition coefficient (Wildman–Crippen LogP) is 2.73. The topological polar surface area (TPSA) is 58.4 Å². The fourth-order valence-corrected chi connectivity index (χ4v) is 1.93. The molecule has 19 heavy (non-hydrogen) atoms. The van der Waals surface area contributed by atoms with Crippen LogP contribution in [-0.2, 0) is 4.79 Å². The average Bonchev–Trinajstić information content (AvgIpc) is 2.37. The Balaban J connectivity index is 2.54. The minimum atomic E-state index is -0.534. The van der Waals surface area contributed by atoms with Crippen molar-refractivity contribution in [2.45, 2.75) is 20.3 Å². The molecule has 0 unspecified atom stereocenters. The maximum absolute atomic E-state index is 13.3. The summed E-state index contributed by atoms with van der Waals surface area (Å²) in [5.74, 6) is -0.473. The van der Waals surface area contributed by atoms with Crippen LogP contribution in [0.4, 0.5) is 15.8 Å². The van der Waals surface area contributed by atoms with Crippen molar-refractivity contribution in [1.29, 1.82) is 0 Å². The van der Waals surface area contributed by atoms with Crippen LogP contribution in [0.25, 0.3) is 0 Å². The van der Waals surface area contributed by atoms with Crippen LogP contribution in [0.1, 0.15) is 20.3 Å².